The zero-order valence-corrected chi connectivity index (χ0v) is 9.02. The lowest BCUT2D eigenvalue weighted by Crippen LogP contribution is -2.12. The third-order valence-electron chi connectivity index (χ3n) is 1.74. The number of anilines is 1. The number of carbonyl (C=O) groups is 1. The summed E-state index contributed by atoms with van der Waals surface area (Å²) in [5.41, 5.74) is 0.371. The molecule has 0 saturated carbocycles. The van der Waals surface area contributed by atoms with Gasteiger partial charge >= 0.3 is 6.01 Å². The summed E-state index contributed by atoms with van der Waals surface area (Å²) in [6.07, 6.45) is 1.44. The van der Waals surface area contributed by atoms with E-state index in [1.54, 1.807) is 6.92 Å². The van der Waals surface area contributed by atoms with Gasteiger partial charge in [0.25, 0.3) is 5.91 Å². The van der Waals surface area contributed by atoms with E-state index in [1.807, 2.05) is 0 Å². The molecule has 16 heavy (non-hydrogen) atoms. The van der Waals surface area contributed by atoms with Gasteiger partial charge in [0.05, 0.1) is 0 Å². The van der Waals surface area contributed by atoms with E-state index in [0.29, 0.717) is 11.4 Å². The number of nitrogens with one attached hydrogen (secondary N) is 1. The van der Waals surface area contributed by atoms with Crippen LogP contribution in [0, 0.1) is 6.92 Å². The first-order valence-corrected chi connectivity index (χ1v) is 4.76. The summed E-state index contributed by atoms with van der Waals surface area (Å²) < 4.78 is 4.74. The van der Waals surface area contributed by atoms with E-state index in [2.05, 4.69) is 20.4 Å². The molecule has 2 heterocycles. The van der Waals surface area contributed by atoms with Gasteiger partial charge in [-0.2, -0.15) is 4.98 Å². The number of aromatic nitrogens is 3. The highest BCUT2D eigenvalue weighted by Crippen LogP contribution is 2.09. The Morgan fingerprint density at radius 3 is 3.00 bits per heavy atom. The molecule has 0 saturated heterocycles. The van der Waals surface area contributed by atoms with Crippen molar-refractivity contribution in [2.75, 3.05) is 5.32 Å². The number of rotatable bonds is 2. The first-order valence-electron chi connectivity index (χ1n) is 4.38. The smallest absolute Gasteiger partial charge is 0.315 e. The molecule has 0 aliphatic carbocycles. The van der Waals surface area contributed by atoms with Gasteiger partial charge in [0, 0.05) is 11.8 Å². The highest BCUT2D eigenvalue weighted by atomic mass is 35.5. The van der Waals surface area contributed by atoms with Gasteiger partial charge in [-0.05, 0) is 19.1 Å². The van der Waals surface area contributed by atoms with E-state index in [9.17, 15) is 4.79 Å². The molecule has 0 aliphatic rings. The Morgan fingerprint density at radius 2 is 2.38 bits per heavy atom. The van der Waals surface area contributed by atoms with E-state index < -0.39 is 0 Å². The number of halogens is 1. The summed E-state index contributed by atoms with van der Waals surface area (Å²) in [7, 11) is 0. The van der Waals surface area contributed by atoms with E-state index >= 15 is 0 Å². The second-order valence-corrected chi connectivity index (χ2v) is 3.36. The maximum Gasteiger partial charge on any atom is 0.328 e. The van der Waals surface area contributed by atoms with Crippen LogP contribution in [0.5, 0.6) is 0 Å². The Hall–Kier alpha value is -1.95. The topological polar surface area (TPSA) is 80.9 Å². The standard InChI is InChI=1S/C9H7ClN4O2/c1-5-12-9(16-14-5)13-8(15)6-2-3-11-7(10)4-6/h2-4H,1H3,(H,12,13,14,15). The Bertz CT molecular complexity index is 526. The van der Waals surface area contributed by atoms with Crippen LogP contribution in [0.4, 0.5) is 6.01 Å². The number of hydrogen-bond acceptors (Lipinski definition) is 5. The normalized spacial score (nSPS) is 10.1. The van der Waals surface area contributed by atoms with Crippen LogP contribution >= 0.6 is 11.6 Å². The second kappa shape index (κ2) is 4.28. The van der Waals surface area contributed by atoms with Crippen molar-refractivity contribution < 1.29 is 9.32 Å². The number of nitrogens with zero attached hydrogens (tertiary/aromatic N) is 3. The molecular formula is C9H7ClN4O2. The van der Waals surface area contributed by atoms with Crippen molar-refractivity contribution in [3.05, 3.63) is 34.9 Å². The molecule has 0 aromatic carbocycles. The van der Waals surface area contributed by atoms with Crippen LogP contribution in [-0.4, -0.2) is 21.0 Å². The highest BCUT2D eigenvalue weighted by Gasteiger charge is 2.10. The van der Waals surface area contributed by atoms with Gasteiger partial charge in [-0.1, -0.05) is 16.8 Å². The van der Waals surface area contributed by atoms with Gasteiger partial charge in [0.2, 0.25) is 0 Å². The summed E-state index contributed by atoms with van der Waals surface area (Å²) in [5.74, 6) is 0.0658. The van der Waals surface area contributed by atoms with Crippen molar-refractivity contribution in [1.29, 1.82) is 0 Å². The number of carbonyl (C=O) groups excluding carboxylic acids is 1. The predicted octanol–water partition coefficient (Wildman–Crippen LogP) is 1.68. The summed E-state index contributed by atoms with van der Waals surface area (Å²) in [6, 6.07) is 3.03. The minimum Gasteiger partial charge on any atom is -0.315 e. The van der Waals surface area contributed by atoms with Crippen LogP contribution in [0.3, 0.4) is 0 Å². The van der Waals surface area contributed by atoms with Gasteiger partial charge in [-0.15, -0.1) is 0 Å². The monoisotopic (exact) mass is 238 g/mol. The zero-order valence-electron chi connectivity index (χ0n) is 8.27. The maximum absolute atomic E-state index is 11.7. The molecular weight excluding hydrogens is 232 g/mol. The molecule has 0 bridgehead atoms. The lowest BCUT2D eigenvalue weighted by molar-refractivity contribution is 0.102. The molecule has 6 nitrogen and oxygen atoms in total. The van der Waals surface area contributed by atoms with Crippen LogP contribution in [0.25, 0.3) is 0 Å². The molecule has 82 valence electrons. The molecule has 0 atom stereocenters. The second-order valence-electron chi connectivity index (χ2n) is 2.97. The van der Waals surface area contributed by atoms with Gasteiger partial charge in [0.15, 0.2) is 5.82 Å². The molecule has 1 N–H and O–H groups in total. The van der Waals surface area contributed by atoms with Crippen molar-refractivity contribution in [3.8, 4) is 0 Å². The SMILES string of the molecule is Cc1noc(NC(=O)c2ccnc(Cl)c2)n1. The molecule has 2 aromatic rings. The molecule has 1 amide bonds. The lowest BCUT2D eigenvalue weighted by atomic mass is 10.2. The van der Waals surface area contributed by atoms with Crippen molar-refractivity contribution in [2.24, 2.45) is 0 Å². The summed E-state index contributed by atoms with van der Waals surface area (Å²) in [6.45, 7) is 1.66. The average Bonchev–Trinajstić information content (AvgIpc) is 2.64. The van der Waals surface area contributed by atoms with Crippen LogP contribution in [0.1, 0.15) is 16.2 Å². The Morgan fingerprint density at radius 1 is 1.56 bits per heavy atom. The zero-order chi connectivity index (χ0) is 11.5. The van der Waals surface area contributed by atoms with Crippen molar-refractivity contribution >= 4 is 23.5 Å². The molecule has 0 aliphatic heterocycles. The quantitative estimate of drug-likeness (QED) is 0.805. The third kappa shape index (κ3) is 2.34. The fraction of sp³-hybridized carbons (Fsp3) is 0.111. The first-order chi connectivity index (χ1) is 7.65. The third-order valence-corrected chi connectivity index (χ3v) is 1.94. The molecule has 0 spiro atoms. The van der Waals surface area contributed by atoms with Crippen LogP contribution in [0.15, 0.2) is 22.9 Å². The summed E-state index contributed by atoms with van der Waals surface area (Å²) in [5, 5.41) is 6.23. The van der Waals surface area contributed by atoms with Gasteiger partial charge in [-0.25, -0.2) is 4.98 Å². The predicted molar refractivity (Wildman–Crippen MR) is 56.2 cm³/mol. The van der Waals surface area contributed by atoms with Gasteiger partial charge < -0.3 is 4.52 Å². The fourth-order valence-corrected chi connectivity index (χ4v) is 1.23. The van der Waals surface area contributed by atoms with Crippen LogP contribution in [0.2, 0.25) is 5.15 Å². The van der Waals surface area contributed by atoms with Gasteiger partial charge in [0.1, 0.15) is 5.15 Å². The number of pyridine rings is 1. The van der Waals surface area contributed by atoms with Crippen LogP contribution in [-0.2, 0) is 0 Å². The van der Waals surface area contributed by atoms with Crippen LogP contribution < -0.4 is 5.32 Å². The number of aryl methyl sites for hydroxylation is 1. The number of amides is 1. The van der Waals surface area contributed by atoms with E-state index in [1.165, 1.54) is 18.3 Å². The van der Waals surface area contributed by atoms with Gasteiger partial charge in [-0.3, -0.25) is 10.1 Å². The fourth-order valence-electron chi connectivity index (χ4n) is 1.06. The summed E-state index contributed by atoms with van der Waals surface area (Å²) in [4.78, 5) is 19.3. The van der Waals surface area contributed by atoms with Crippen molar-refractivity contribution in [2.45, 2.75) is 6.92 Å². The molecule has 0 unspecified atom stereocenters. The molecule has 0 fully saturated rings. The molecule has 2 aromatic heterocycles. The Balaban J connectivity index is 2.14. The Kier molecular flexibility index (Phi) is 2.82. The molecule has 2 rings (SSSR count). The first kappa shape index (κ1) is 10.6. The summed E-state index contributed by atoms with van der Waals surface area (Å²) >= 11 is 5.65. The van der Waals surface area contributed by atoms with Crippen molar-refractivity contribution in [1.82, 2.24) is 15.1 Å². The van der Waals surface area contributed by atoms with E-state index in [0.717, 1.165) is 0 Å². The maximum atomic E-state index is 11.7. The average molecular weight is 239 g/mol. The highest BCUT2D eigenvalue weighted by molar-refractivity contribution is 6.29. The number of hydrogen-bond donors (Lipinski definition) is 1. The molecule has 7 heteroatoms. The minimum atomic E-state index is -0.382. The van der Waals surface area contributed by atoms with Crippen molar-refractivity contribution in [3.63, 3.8) is 0 Å². The largest absolute Gasteiger partial charge is 0.328 e. The van der Waals surface area contributed by atoms with E-state index in [-0.39, 0.29) is 17.1 Å². The minimum absolute atomic E-state index is 0.0513. The Labute approximate surface area is 95.6 Å². The van der Waals surface area contributed by atoms with E-state index in [4.69, 9.17) is 16.1 Å². The molecule has 0 radical (unpaired) electrons. The lowest BCUT2D eigenvalue weighted by Gasteiger charge is -1.99.